The predicted molar refractivity (Wildman–Crippen MR) is 110 cm³/mol. The van der Waals surface area contributed by atoms with Crippen LogP contribution < -0.4 is 11.1 Å². The number of nitrogen functional groups attached to an aromatic ring is 1. The minimum absolute atomic E-state index is 0.147. The van der Waals surface area contributed by atoms with Gasteiger partial charge in [0.25, 0.3) is 0 Å². The number of nitrogens with one attached hydrogen (secondary N) is 1. The van der Waals surface area contributed by atoms with Crippen molar-refractivity contribution in [2.24, 2.45) is 0 Å². The van der Waals surface area contributed by atoms with Crippen LogP contribution >= 0.6 is 11.8 Å². The molecule has 0 saturated carbocycles. The molecular formula is C21H16FN5S. The first-order valence-electron chi connectivity index (χ1n) is 8.52. The summed E-state index contributed by atoms with van der Waals surface area (Å²) < 4.78 is 14.5. The molecule has 2 heterocycles. The van der Waals surface area contributed by atoms with Gasteiger partial charge >= 0.3 is 0 Å². The standard InChI is InChI=1S/C21H16FN5S/c22-17-12-15(6-7-19(17)28-16-8-10-24-11-9-16)25-20-13-18(26-21(23)27-20)14-4-2-1-3-5-14/h1-13H,(H3,23,25,26,27). The first-order chi connectivity index (χ1) is 13.7. The molecule has 0 saturated heterocycles. The summed E-state index contributed by atoms with van der Waals surface area (Å²) in [5.74, 6) is 0.326. The summed E-state index contributed by atoms with van der Waals surface area (Å²) in [5, 5.41) is 3.10. The van der Waals surface area contributed by atoms with Crippen LogP contribution in [0.1, 0.15) is 0 Å². The zero-order valence-corrected chi connectivity index (χ0v) is 15.5. The summed E-state index contributed by atoms with van der Waals surface area (Å²) in [6, 6.07) is 20.1. The van der Waals surface area contributed by atoms with Crippen LogP contribution in [-0.2, 0) is 0 Å². The van der Waals surface area contributed by atoms with Crippen molar-refractivity contribution < 1.29 is 4.39 Å². The van der Waals surface area contributed by atoms with E-state index in [4.69, 9.17) is 5.73 Å². The highest BCUT2D eigenvalue weighted by atomic mass is 32.2. The maximum Gasteiger partial charge on any atom is 0.222 e. The Bertz CT molecular complexity index is 1090. The van der Waals surface area contributed by atoms with Crippen molar-refractivity contribution in [2.75, 3.05) is 11.1 Å². The Labute approximate surface area is 165 Å². The quantitative estimate of drug-likeness (QED) is 0.491. The summed E-state index contributed by atoms with van der Waals surface area (Å²) >= 11 is 1.34. The van der Waals surface area contributed by atoms with Crippen molar-refractivity contribution in [2.45, 2.75) is 9.79 Å². The van der Waals surface area contributed by atoms with Gasteiger partial charge in [-0.15, -0.1) is 0 Å². The number of hydrogen-bond donors (Lipinski definition) is 2. The second-order valence-corrected chi connectivity index (χ2v) is 7.03. The topological polar surface area (TPSA) is 76.7 Å². The highest BCUT2D eigenvalue weighted by molar-refractivity contribution is 7.99. The molecule has 2 aromatic heterocycles. The van der Waals surface area contributed by atoms with Gasteiger partial charge in [0.15, 0.2) is 0 Å². The molecule has 5 nitrogen and oxygen atoms in total. The van der Waals surface area contributed by atoms with Crippen molar-refractivity contribution in [3.05, 3.63) is 84.9 Å². The fourth-order valence-corrected chi connectivity index (χ4v) is 3.43. The van der Waals surface area contributed by atoms with Crippen LogP contribution in [0, 0.1) is 5.82 Å². The van der Waals surface area contributed by atoms with Gasteiger partial charge in [-0.25, -0.2) is 9.37 Å². The van der Waals surface area contributed by atoms with E-state index < -0.39 is 0 Å². The minimum atomic E-state index is -0.322. The Morgan fingerprint density at radius 3 is 2.43 bits per heavy atom. The van der Waals surface area contributed by atoms with Crippen molar-refractivity contribution in [3.63, 3.8) is 0 Å². The highest BCUT2D eigenvalue weighted by Crippen LogP contribution is 2.31. The molecule has 2 aromatic carbocycles. The third-order valence-corrected chi connectivity index (χ3v) is 4.95. The number of nitrogens with two attached hydrogens (primary N) is 1. The zero-order chi connectivity index (χ0) is 19.3. The van der Waals surface area contributed by atoms with Gasteiger partial charge in [-0.2, -0.15) is 4.98 Å². The SMILES string of the molecule is Nc1nc(Nc2ccc(Sc3ccncc3)c(F)c2)cc(-c2ccccc2)n1. The fourth-order valence-electron chi connectivity index (χ4n) is 2.63. The largest absolute Gasteiger partial charge is 0.368 e. The van der Waals surface area contributed by atoms with E-state index in [1.54, 1.807) is 30.6 Å². The van der Waals surface area contributed by atoms with Crippen LogP contribution in [0.25, 0.3) is 11.3 Å². The Balaban J connectivity index is 1.56. The molecule has 7 heteroatoms. The number of anilines is 3. The lowest BCUT2D eigenvalue weighted by molar-refractivity contribution is 0.602. The number of rotatable bonds is 5. The molecule has 0 unspecified atom stereocenters. The van der Waals surface area contributed by atoms with E-state index in [1.165, 1.54) is 17.8 Å². The monoisotopic (exact) mass is 389 g/mol. The van der Waals surface area contributed by atoms with Crippen LogP contribution in [0.2, 0.25) is 0 Å². The Morgan fingerprint density at radius 2 is 1.68 bits per heavy atom. The van der Waals surface area contributed by atoms with E-state index >= 15 is 0 Å². The van der Waals surface area contributed by atoms with Crippen molar-refractivity contribution in [1.82, 2.24) is 15.0 Å². The van der Waals surface area contributed by atoms with Crippen molar-refractivity contribution in [1.29, 1.82) is 0 Å². The molecule has 3 N–H and O–H groups in total. The van der Waals surface area contributed by atoms with Gasteiger partial charge in [0.1, 0.15) is 11.6 Å². The third kappa shape index (κ3) is 4.27. The molecular weight excluding hydrogens is 373 g/mol. The van der Waals surface area contributed by atoms with E-state index in [-0.39, 0.29) is 11.8 Å². The van der Waals surface area contributed by atoms with Gasteiger partial charge in [-0.05, 0) is 30.3 Å². The van der Waals surface area contributed by atoms with Crippen LogP contribution in [0.3, 0.4) is 0 Å². The minimum Gasteiger partial charge on any atom is -0.368 e. The molecule has 138 valence electrons. The van der Waals surface area contributed by atoms with E-state index in [0.29, 0.717) is 22.1 Å². The van der Waals surface area contributed by atoms with Crippen LogP contribution in [0.15, 0.2) is 88.9 Å². The summed E-state index contributed by atoms with van der Waals surface area (Å²) in [6.45, 7) is 0. The molecule has 0 atom stereocenters. The van der Waals surface area contributed by atoms with Gasteiger partial charge in [0.2, 0.25) is 5.95 Å². The van der Waals surface area contributed by atoms with Crippen LogP contribution in [0.5, 0.6) is 0 Å². The molecule has 4 rings (SSSR count). The molecule has 4 aromatic rings. The van der Waals surface area contributed by atoms with E-state index in [0.717, 1.165) is 10.5 Å². The molecule has 28 heavy (non-hydrogen) atoms. The summed E-state index contributed by atoms with van der Waals surface area (Å²) in [6.07, 6.45) is 3.36. The number of aromatic nitrogens is 3. The fraction of sp³-hybridized carbons (Fsp3) is 0. The van der Waals surface area contributed by atoms with Gasteiger partial charge in [-0.3, -0.25) is 4.98 Å². The first-order valence-corrected chi connectivity index (χ1v) is 9.33. The van der Waals surface area contributed by atoms with Crippen molar-refractivity contribution >= 4 is 29.2 Å². The van der Waals surface area contributed by atoms with Gasteiger partial charge in [0.05, 0.1) is 5.69 Å². The summed E-state index contributed by atoms with van der Waals surface area (Å²) in [5.41, 5.74) is 8.04. The van der Waals surface area contributed by atoms with Crippen LogP contribution in [0.4, 0.5) is 21.8 Å². The molecule has 0 fully saturated rings. The number of halogens is 1. The molecule has 0 amide bonds. The second kappa shape index (κ2) is 8.06. The number of benzene rings is 2. The maximum absolute atomic E-state index is 14.5. The lowest BCUT2D eigenvalue weighted by Gasteiger charge is -2.10. The van der Waals surface area contributed by atoms with Gasteiger partial charge in [-0.1, -0.05) is 42.1 Å². The average molecular weight is 389 g/mol. The Hall–Kier alpha value is -3.45. The molecule has 0 aliphatic rings. The van der Waals surface area contributed by atoms with E-state index in [2.05, 4.69) is 20.3 Å². The van der Waals surface area contributed by atoms with Crippen LogP contribution in [-0.4, -0.2) is 15.0 Å². The lowest BCUT2D eigenvalue weighted by atomic mass is 10.1. The molecule has 0 aliphatic heterocycles. The number of pyridine rings is 1. The second-order valence-electron chi connectivity index (χ2n) is 5.92. The number of nitrogens with zero attached hydrogens (tertiary/aromatic N) is 3. The normalized spacial score (nSPS) is 10.6. The lowest BCUT2D eigenvalue weighted by Crippen LogP contribution is -2.01. The molecule has 0 radical (unpaired) electrons. The summed E-state index contributed by atoms with van der Waals surface area (Å²) in [7, 11) is 0. The van der Waals surface area contributed by atoms with E-state index in [9.17, 15) is 4.39 Å². The van der Waals surface area contributed by atoms with Gasteiger partial charge < -0.3 is 11.1 Å². The molecule has 0 aliphatic carbocycles. The van der Waals surface area contributed by atoms with E-state index in [1.807, 2.05) is 42.5 Å². The Morgan fingerprint density at radius 1 is 0.893 bits per heavy atom. The highest BCUT2D eigenvalue weighted by Gasteiger charge is 2.09. The van der Waals surface area contributed by atoms with Crippen molar-refractivity contribution in [3.8, 4) is 11.3 Å². The zero-order valence-electron chi connectivity index (χ0n) is 14.7. The first kappa shape index (κ1) is 17.9. The third-order valence-electron chi connectivity index (χ3n) is 3.89. The maximum atomic E-state index is 14.5. The predicted octanol–water partition coefficient (Wildman–Crippen LogP) is 5.15. The smallest absolute Gasteiger partial charge is 0.222 e. The Kier molecular flexibility index (Phi) is 5.16. The number of hydrogen-bond acceptors (Lipinski definition) is 6. The summed E-state index contributed by atoms with van der Waals surface area (Å²) in [4.78, 5) is 13.9. The van der Waals surface area contributed by atoms with Gasteiger partial charge in [0, 0.05) is 39.5 Å². The molecule has 0 bridgehead atoms. The molecule has 0 spiro atoms. The average Bonchev–Trinajstić information content (AvgIpc) is 2.71.